The van der Waals surface area contributed by atoms with Gasteiger partial charge in [0.15, 0.2) is 0 Å². The third-order valence-electron chi connectivity index (χ3n) is 2.13. The number of aliphatic carboxylic acids is 1. The molecule has 0 aliphatic rings. The molecule has 0 aliphatic carbocycles. The van der Waals surface area contributed by atoms with Crippen LogP contribution in [-0.2, 0) is 9.59 Å². The van der Waals surface area contributed by atoms with Gasteiger partial charge >= 0.3 is 5.97 Å². The van der Waals surface area contributed by atoms with Crippen molar-refractivity contribution in [2.24, 2.45) is 5.92 Å². The Balaban J connectivity index is 4.23. The molecular weight excluding hydrogens is 184 g/mol. The lowest BCUT2D eigenvalue weighted by Crippen LogP contribution is -2.47. The average Bonchev–Trinajstić information content (AvgIpc) is 2.13. The lowest BCUT2D eigenvalue weighted by Gasteiger charge is -2.19. The smallest absolute Gasteiger partial charge is 0.326 e. The van der Waals surface area contributed by atoms with E-state index < -0.39 is 12.0 Å². The molecule has 3 N–H and O–H groups in total. The summed E-state index contributed by atoms with van der Waals surface area (Å²) < 4.78 is 0. The van der Waals surface area contributed by atoms with Crippen LogP contribution in [0, 0.1) is 5.92 Å². The van der Waals surface area contributed by atoms with Crippen LogP contribution >= 0.6 is 0 Å². The Labute approximate surface area is 83.9 Å². The van der Waals surface area contributed by atoms with Gasteiger partial charge in [-0.25, -0.2) is 4.79 Å². The summed E-state index contributed by atoms with van der Waals surface area (Å²) in [6.45, 7) is 3.84. The Kier molecular flexibility index (Phi) is 5.87. The third-order valence-corrected chi connectivity index (χ3v) is 2.13. The second-order valence-electron chi connectivity index (χ2n) is 3.30. The first-order chi connectivity index (χ1) is 6.52. The number of amides is 1. The van der Waals surface area contributed by atoms with E-state index >= 15 is 0 Å². The summed E-state index contributed by atoms with van der Waals surface area (Å²) in [5.74, 6) is -1.34. The van der Waals surface area contributed by atoms with Crippen molar-refractivity contribution in [3.05, 3.63) is 0 Å². The number of hydrogen-bond acceptors (Lipinski definition) is 3. The van der Waals surface area contributed by atoms with Crippen molar-refractivity contribution in [2.75, 3.05) is 13.6 Å². The summed E-state index contributed by atoms with van der Waals surface area (Å²) in [5.41, 5.74) is 0. The van der Waals surface area contributed by atoms with Crippen LogP contribution in [0.2, 0.25) is 0 Å². The zero-order chi connectivity index (χ0) is 11.1. The lowest BCUT2D eigenvalue weighted by atomic mass is 9.99. The Morgan fingerprint density at radius 1 is 1.43 bits per heavy atom. The molecule has 5 heteroatoms. The maximum Gasteiger partial charge on any atom is 0.326 e. The van der Waals surface area contributed by atoms with E-state index in [0.29, 0.717) is 0 Å². The van der Waals surface area contributed by atoms with Crippen LogP contribution in [0.5, 0.6) is 0 Å². The predicted octanol–water partition coefficient (Wildman–Crippen LogP) is -0.179. The minimum Gasteiger partial charge on any atom is -0.480 e. The summed E-state index contributed by atoms with van der Waals surface area (Å²) in [6.07, 6.45) is 0.719. The van der Waals surface area contributed by atoms with Gasteiger partial charge in [-0.15, -0.1) is 0 Å². The molecule has 0 aromatic heterocycles. The van der Waals surface area contributed by atoms with Crippen molar-refractivity contribution in [1.29, 1.82) is 0 Å². The SMILES string of the molecule is CC[C@H](C)[C@@H](NC(=O)CNC)C(=O)O. The van der Waals surface area contributed by atoms with Gasteiger partial charge in [0.05, 0.1) is 6.54 Å². The van der Waals surface area contributed by atoms with Gasteiger partial charge in [-0.1, -0.05) is 20.3 Å². The Morgan fingerprint density at radius 2 is 2.00 bits per heavy atom. The molecule has 2 atom stereocenters. The van der Waals surface area contributed by atoms with E-state index in [-0.39, 0.29) is 18.4 Å². The third kappa shape index (κ3) is 4.23. The monoisotopic (exact) mass is 202 g/mol. The van der Waals surface area contributed by atoms with Crippen LogP contribution in [0.4, 0.5) is 0 Å². The van der Waals surface area contributed by atoms with E-state index in [9.17, 15) is 9.59 Å². The van der Waals surface area contributed by atoms with E-state index in [2.05, 4.69) is 10.6 Å². The van der Waals surface area contributed by atoms with E-state index in [1.807, 2.05) is 6.92 Å². The molecule has 0 aliphatic heterocycles. The Bertz CT molecular complexity index is 206. The van der Waals surface area contributed by atoms with Crippen LogP contribution in [0.25, 0.3) is 0 Å². The number of likely N-dealkylation sites (N-methyl/N-ethyl adjacent to an activating group) is 1. The molecule has 1 amide bonds. The molecule has 14 heavy (non-hydrogen) atoms. The average molecular weight is 202 g/mol. The van der Waals surface area contributed by atoms with Crippen molar-refractivity contribution in [1.82, 2.24) is 10.6 Å². The Morgan fingerprint density at radius 3 is 2.36 bits per heavy atom. The minimum atomic E-state index is -0.983. The first-order valence-electron chi connectivity index (χ1n) is 4.69. The van der Waals surface area contributed by atoms with E-state index in [4.69, 9.17) is 5.11 Å². The van der Waals surface area contributed by atoms with Crippen molar-refractivity contribution in [2.45, 2.75) is 26.3 Å². The van der Waals surface area contributed by atoms with E-state index in [1.165, 1.54) is 0 Å². The highest BCUT2D eigenvalue weighted by atomic mass is 16.4. The minimum absolute atomic E-state index is 0.0618. The molecule has 0 heterocycles. The summed E-state index contributed by atoms with van der Waals surface area (Å²) >= 11 is 0. The quantitative estimate of drug-likeness (QED) is 0.558. The number of carboxylic acid groups (broad SMARTS) is 1. The number of carbonyl (C=O) groups excluding carboxylic acids is 1. The summed E-state index contributed by atoms with van der Waals surface area (Å²) in [6, 6.07) is -0.791. The van der Waals surface area contributed by atoms with Crippen LogP contribution in [0.3, 0.4) is 0 Å². The van der Waals surface area contributed by atoms with Crippen molar-refractivity contribution in [3.8, 4) is 0 Å². The van der Waals surface area contributed by atoms with Gasteiger partial charge in [0.25, 0.3) is 0 Å². The van der Waals surface area contributed by atoms with Gasteiger partial charge < -0.3 is 15.7 Å². The molecule has 0 radical (unpaired) electrons. The summed E-state index contributed by atoms with van der Waals surface area (Å²) in [4.78, 5) is 21.9. The first-order valence-corrected chi connectivity index (χ1v) is 4.69. The second-order valence-corrected chi connectivity index (χ2v) is 3.30. The standard InChI is InChI=1S/C9H18N2O3/c1-4-6(2)8(9(13)14)11-7(12)5-10-3/h6,8,10H,4-5H2,1-3H3,(H,11,12)(H,13,14)/t6-,8+/m0/s1. The molecule has 0 fully saturated rings. The summed E-state index contributed by atoms with van der Waals surface area (Å²) in [5, 5.41) is 14.0. The van der Waals surface area contributed by atoms with E-state index in [0.717, 1.165) is 6.42 Å². The molecule has 0 rings (SSSR count). The van der Waals surface area contributed by atoms with Gasteiger partial charge in [0.2, 0.25) is 5.91 Å². The largest absolute Gasteiger partial charge is 0.480 e. The molecule has 0 bridgehead atoms. The summed E-state index contributed by atoms with van der Waals surface area (Å²) in [7, 11) is 1.64. The van der Waals surface area contributed by atoms with Crippen molar-refractivity contribution >= 4 is 11.9 Å². The molecule has 5 nitrogen and oxygen atoms in total. The fraction of sp³-hybridized carbons (Fsp3) is 0.778. The van der Waals surface area contributed by atoms with Crippen LogP contribution in [-0.4, -0.2) is 36.6 Å². The molecule has 0 aromatic rings. The number of carboxylic acids is 1. The van der Waals surface area contributed by atoms with Crippen LogP contribution < -0.4 is 10.6 Å². The highest BCUT2D eigenvalue weighted by Gasteiger charge is 2.24. The molecule has 0 saturated heterocycles. The fourth-order valence-electron chi connectivity index (χ4n) is 1.07. The molecular formula is C9H18N2O3. The normalized spacial score (nSPS) is 14.5. The van der Waals surface area contributed by atoms with Crippen molar-refractivity contribution in [3.63, 3.8) is 0 Å². The van der Waals surface area contributed by atoms with Gasteiger partial charge in [0.1, 0.15) is 6.04 Å². The number of carbonyl (C=O) groups is 2. The highest BCUT2D eigenvalue weighted by molar-refractivity contribution is 5.84. The van der Waals surface area contributed by atoms with Gasteiger partial charge in [-0.3, -0.25) is 4.79 Å². The molecule has 0 aromatic carbocycles. The number of rotatable bonds is 6. The number of nitrogens with one attached hydrogen (secondary N) is 2. The Hall–Kier alpha value is -1.10. The topological polar surface area (TPSA) is 78.4 Å². The fourth-order valence-corrected chi connectivity index (χ4v) is 1.07. The van der Waals surface area contributed by atoms with Crippen LogP contribution in [0.1, 0.15) is 20.3 Å². The predicted molar refractivity (Wildman–Crippen MR) is 52.9 cm³/mol. The van der Waals surface area contributed by atoms with Gasteiger partial charge in [-0.05, 0) is 13.0 Å². The molecule has 0 spiro atoms. The van der Waals surface area contributed by atoms with Crippen molar-refractivity contribution < 1.29 is 14.7 Å². The molecule has 82 valence electrons. The second kappa shape index (κ2) is 6.37. The van der Waals surface area contributed by atoms with Gasteiger partial charge in [-0.2, -0.15) is 0 Å². The molecule has 0 unspecified atom stereocenters. The highest BCUT2D eigenvalue weighted by Crippen LogP contribution is 2.07. The zero-order valence-corrected chi connectivity index (χ0v) is 8.83. The zero-order valence-electron chi connectivity index (χ0n) is 8.83. The van der Waals surface area contributed by atoms with Crippen LogP contribution in [0.15, 0.2) is 0 Å². The lowest BCUT2D eigenvalue weighted by molar-refractivity contribution is -0.143. The number of hydrogen-bond donors (Lipinski definition) is 3. The molecule has 0 saturated carbocycles. The maximum absolute atomic E-state index is 11.1. The van der Waals surface area contributed by atoms with Gasteiger partial charge in [0, 0.05) is 0 Å². The maximum atomic E-state index is 11.1. The first kappa shape index (κ1) is 12.9. The van der Waals surface area contributed by atoms with E-state index in [1.54, 1.807) is 14.0 Å².